The van der Waals surface area contributed by atoms with Gasteiger partial charge in [-0.15, -0.1) is 6.42 Å². The van der Waals surface area contributed by atoms with Crippen LogP contribution in [0.25, 0.3) is 0 Å². The van der Waals surface area contributed by atoms with E-state index in [9.17, 15) is 14.1 Å². The molecule has 32 heavy (non-hydrogen) atoms. The molecule has 1 aliphatic rings. The van der Waals surface area contributed by atoms with Gasteiger partial charge >= 0.3 is 0 Å². The van der Waals surface area contributed by atoms with Crippen LogP contribution in [0.5, 0.6) is 0 Å². The van der Waals surface area contributed by atoms with Gasteiger partial charge in [-0.05, 0) is 18.4 Å². The highest BCUT2D eigenvalue weighted by Crippen LogP contribution is 2.39. The number of hydrogen-bond donors (Lipinski definition) is 0. The van der Waals surface area contributed by atoms with E-state index in [4.69, 9.17) is 6.42 Å². The van der Waals surface area contributed by atoms with Crippen LogP contribution in [-0.4, -0.2) is 37.1 Å². The SMILES string of the molecule is C#Cc1c(F)c(N2CCCC2=O)c(F)c(C(=O)N(F)CCC)c1N(C)Cc1ccccc1. The number of terminal acetylenes is 1. The van der Waals surface area contributed by atoms with Crippen LogP contribution in [-0.2, 0) is 11.3 Å². The normalized spacial score (nSPS) is 13.2. The Balaban J connectivity index is 2.25. The first kappa shape index (κ1) is 23.2. The van der Waals surface area contributed by atoms with E-state index in [1.807, 2.05) is 6.07 Å². The van der Waals surface area contributed by atoms with Crippen LogP contribution in [0, 0.1) is 24.0 Å². The van der Waals surface area contributed by atoms with Crippen LogP contribution in [0.4, 0.5) is 24.6 Å². The van der Waals surface area contributed by atoms with Gasteiger partial charge in [0.15, 0.2) is 11.6 Å². The van der Waals surface area contributed by atoms with Gasteiger partial charge in [0, 0.05) is 26.6 Å². The predicted octanol–water partition coefficient (Wildman–Crippen LogP) is 4.45. The second-order valence-electron chi connectivity index (χ2n) is 7.60. The zero-order valence-electron chi connectivity index (χ0n) is 18.0. The molecule has 2 amide bonds. The van der Waals surface area contributed by atoms with Crippen LogP contribution >= 0.6 is 0 Å². The van der Waals surface area contributed by atoms with Crippen molar-refractivity contribution < 1.29 is 22.9 Å². The summed E-state index contributed by atoms with van der Waals surface area (Å²) in [6, 6.07) is 9.01. The number of carbonyl (C=O) groups is 2. The van der Waals surface area contributed by atoms with Crippen molar-refractivity contribution in [2.24, 2.45) is 0 Å². The van der Waals surface area contributed by atoms with Crippen molar-refractivity contribution >= 4 is 23.2 Å². The molecule has 0 N–H and O–H groups in total. The molecule has 0 radical (unpaired) electrons. The molecule has 1 heterocycles. The molecular weight excluding hydrogens is 419 g/mol. The number of hydrogen-bond acceptors (Lipinski definition) is 3. The van der Waals surface area contributed by atoms with Crippen molar-refractivity contribution in [2.45, 2.75) is 32.7 Å². The molecule has 0 aromatic heterocycles. The Kier molecular flexibility index (Phi) is 7.08. The Hall–Kier alpha value is -3.47. The predicted molar refractivity (Wildman–Crippen MR) is 117 cm³/mol. The van der Waals surface area contributed by atoms with Gasteiger partial charge in [-0.3, -0.25) is 9.59 Å². The van der Waals surface area contributed by atoms with Gasteiger partial charge in [0.1, 0.15) is 11.3 Å². The maximum absolute atomic E-state index is 15.7. The van der Waals surface area contributed by atoms with E-state index >= 15 is 8.78 Å². The molecule has 1 fully saturated rings. The highest BCUT2D eigenvalue weighted by Gasteiger charge is 2.36. The summed E-state index contributed by atoms with van der Waals surface area (Å²) < 4.78 is 45.8. The molecule has 0 unspecified atom stereocenters. The monoisotopic (exact) mass is 443 g/mol. The first-order valence-corrected chi connectivity index (χ1v) is 10.4. The van der Waals surface area contributed by atoms with E-state index in [0.717, 1.165) is 10.5 Å². The Labute approximate surface area is 185 Å². The maximum atomic E-state index is 15.7. The van der Waals surface area contributed by atoms with Gasteiger partial charge in [-0.2, -0.15) is 5.12 Å². The minimum Gasteiger partial charge on any atom is -0.368 e. The number of nitrogens with zero attached hydrogens (tertiary/aromatic N) is 3. The second kappa shape index (κ2) is 9.77. The fourth-order valence-electron chi connectivity index (χ4n) is 3.85. The molecule has 1 aliphatic heterocycles. The largest absolute Gasteiger partial charge is 0.368 e. The Morgan fingerprint density at radius 3 is 2.47 bits per heavy atom. The van der Waals surface area contributed by atoms with E-state index in [-0.39, 0.29) is 36.9 Å². The lowest BCUT2D eigenvalue weighted by Crippen LogP contribution is -2.32. The number of amides is 2. The summed E-state index contributed by atoms with van der Waals surface area (Å²) in [5.41, 5.74) is -1.23. The van der Waals surface area contributed by atoms with Crippen LogP contribution < -0.4 is 9.80 Å². The molecule has 0 bridgehead atoms. The van der Waals surface area contributed by atoms with Crippen LogP contribution in [0.1, 0.15) is 47.7 Å². The lowest BCUT2D eigenvalue weighted by Gasteiger charge is -2.28. The fourth-order valence-corrected chi connectivity index (χ4v) is 3.85. The van der Waals surface area contributed by atoms with Crippen molar-refractivity contribution in [3.05, 3.63) is 58.7 Å². The number of halogens is 3. The van der Waals surface area contributed by atoms with Gasteiger partial charge in [-0.1, -0.05) is 47.7 Å². The molecule has 3 rings (SSSR count). The number of benzene rings is 2. The summed E-state index contributed by atoms with van der Waals surface area (Å²) in [4.78, 5) is 27.5. The number of rotatable bonds is 7. The molecule has 0 atom stereocenters. The van der Waals surface area contributed by atoms with Crippen molar-refractivity contribution in [3.8, 4) is 12.3 Å². The molecule has 0 saturated carbocycles. The highest BCUT2D eigenvalue weighted by molar-refractivity contribution is 6.04. The third kappa shape index (κ3) is 4.28. The zero-order valence-corrected chi connectivity index (χ0v) is 18.0. The molecule has 2 aromatic carbocycles. The zero-order chi connectivity index (χ0) is 23.4. The van der Waals surface area contributed by atoms with E-state index in [1.54, 1.807) is 31.2 Å². The summed E-state index contributed by atoms with van der Waals surface area (Å²) in [6.45, 7) is 1.62. The average molecular weight is 443 g/mol. The van der Waals surface area contributed by atoms with Gasteiger partial charge in [-0.25, -0.2) is 8.78 Å². The molecule has 0 aliphatic carbocycles. The van der Waals surface area contributed by atoms with Crippen molar-refractivity contribution in [1.82, 2.24) is 5.12 Å². The lowest BCUT2D eigenvalue weighted by molar-refractivity contribution is -0.117. The van der Waals surface area contributed by atoms with Crippen molar-refractivity contribution in [3.63, 3.8) is 0 Å². The van der Waals surface area contributed by atoms with Gasteiger partial charge < -0.3 is 9.80 Å². The smallest absolute Gasteiger partial charge is 0.286 e. The molecule has 1 saturated heterocycles. The first-order valence-electron chi connectivity index (χ1n) is 10.4. The lowest BCUT2D eigenvalue weighted by atomic mass is 10.0. The minimum absolute atomic E-state index is 0.0812. The minimum atomic E-state index is -1.30. The van der Waals surface area contributed by atoms with Gasteiger partial charge in [0.05, 0.1) is 17.8 Å². The van der Waals surface area contributed by atoms with Crippen molar-refractivity contribution in [1.29, 1.82) is 0 Å². The second-order valence-corrected chi connectivity index (χ2v) is 7.60. The van der Waals surface area contributed by atoms with Crippen molar-refractivity contribution in [2.75, 3.05) is 29.9 Å². The Morgan fingerprint density at radius 2 is 1.91 bits per heavy atom. The summed E-state index contributed by atoms with van der Waals surface area (Å²) in [6.07, 6.45) is 6.40. The van der Waals surface area contributed by atoms with E-state index in [1.165, 1.54) is 11.9 Å². The summed E-state index contributed by atoms with van der Waals surface area (Å²) in [5.74, 6) is -1.99. The molecule has 5 nitrogen and oxygen atoms in total. The standard InChI is InChI=1S/C24H24F3N3O2/c1-4-13-30(27)24(32)19-21(26)23(29-14-9-12-18(29)31)20(25)17(5-2)22(19)28(3)15-16-10-7-6-8-11-16/h2,6-8,10-11H,4,9,12-15H2,1,3H3. The van der Waals surface area contributed by atoms with Crippen LogP contribution in [0.3, 0.4) is 0 Å². The number of carbonyl (C=O) groups excluding carboxylic acids is 2. The maximum Gasteiger partial charge on any atom is 0.286 e. The quantitative estimate of drug-likeness (QED) is 0.469. The third-order valence-corrected chi connectivity index (χ3v) is 5.31. The Bertz CT molecular complexity index is 1070. The van der Waals surface area contributed by atoms with Gasteiger partial charge in [0.25, 0.3) is 5.91 Å². The molecule has 2 aromatic rings. The van der Waals surface area contributed by atoms with Crippen LogP contribution in [0.2, 0.25) is 0 Å². The third-order valence-electron chi connectivity index (χ3n) is 5.31. The fraction of sp³-hybridized carbons (Fsp3) is 0.333. The molecular formula is C24H24F3N3O2. The topological polar surface area (TPSA) is 43.9 Å². The summed E-state index contributed by atoms with van der Waals surface area (Å²) in [5, 5.41) is -0.119. The van der Waals surface area contributed by atoms with E-state index in [2.05, 4.69) is 5.92 Å². The van der Waals surface area contributed by atoms with E-state index in [0.29, 0.717) is 12.8 Å². The highest BCUT2D eigenvalue weighted by atomic mass is 19.2. The molecule has 0 spiro atoms. The van der Waals surface area contributed by atoms with Gasteiger partial charge in [0.2, 0.25) is 5.91 Å². The first-order chi connectivity index (χ1) is 15.3. The number of anilines is 2. The Morgan fingerprint density at radius 1 is 1.22 bits per heavy atom. The molecule has 168 valence electrons. The van der Waals surface area contributed by atoms with Crippen LogP contribution in [0.15, 0.2) is 30.3 Å². The van der Waals surface area contributed by atoms with E-state index < -0.39 is 40.3 Å². The molecule has 8 heteroatoms. The summed E-state index contributed by atoms with van der Waals surface area (Å²) in [7, 11) is 1.52. The summed E-state index contributed by atoms with van der Waals surface area (Å²) >= 11 is 0. The average Bonchev–Trinajstić information content (AvgIpc) is 3.19.